The molecule has 1 aromatic rings. The Morgan fingerprint density at radius 1 is 1.52 bits per heavy atom. The zero-order chi connectivity index (χ0) is 15.7. The Balaban J connectivity index is 2.39. The van der Waals surface area contributed by atoms with E-state index in [2.05, 4.69) is 10.1 Å². The summed E-state index contributed by atoms with van der Waals surface area (Å²) in [5.74, 6) is -1.03. The van der Waals surface area contributed by atoms with Crippen LogP contribution in [0.1, 0.15) is 36.5 Å². The summed E-state index contributed by atoms with van der Waals surface area (Å²) in [5.41, 5.74) is -3.22. The van der Waals surface area contributed by atoms with Crippen LogP contribution < -0.4 is 0 Å². The first-order valence-corrected chi connectivity index (χ1v) is 6.39. The number of hydrazone groups is 1. The van der Waals surface area contributed by atoms with Crippen LogP contribution in [0.5, 0.6) is 0 Å². The first-order chi connectivity index (χ1) is 9.79. The fourth-order valence-electron chi connectivity index (χ4n) is 2.09. The van der Waals surface area contributed by atoms with Gasteiger partial charge in [-0.2, -0.15) is 23.3 Å². The van der Waals surface area contributed by atoms with Crippen molar-refractivity contribution in [1.82, 2.24) is 9.99 Å². The Morgan fingerprint density at radius 3 is 2.76 bits per heavy atom. The van der Waals surface area contributed by atoms with Gasteiger partial charge in [0, 0.05) is 24.5 Å². The van der Waals surface area contributed by atoms with Crippen molar-refractivity contribution in [1.29, 1.82) is 0 Å². The maximum atomic E-state index is 13.2. The van der Waals surface area contributed by atoms with Crippen molar-refractivity contribution in [3.05, 3.63) is 30.1 Å². The number of carbonyl (C=O) groups excluding carboxylic acids is 1. The van der Waals surface area contributed by atoms with E-state index in [9.17, 15) is 23.1 Å². The quantitative estimate of drug-likeness (QED) is 0.932. The number of alkyl halides is 3. The minimum atomic E-state index is -5.00. The molecule has 5 nitrogen and oxygen atoms in total. The van der Waals surface area contributed by atoms with Gasteiger partial charge in [0.15, 0.2) is 0 Å². The Labute approximate surface area is 119 Å². The van der Waals surface area contributed by atoms with Gasteiger partial charge in [0.2, 0.25) is 0 Å². The summed E-state index contributed by atoms with van der Waals surface area (Å²) in [6, 6.07) is 2.74. The highest BCUT2D eigenvalue weighted by Gasteiger charge is 2.63. The largest absolute Gasteiger partial charge is 0.438 e. The molecule has 1 aliphatic rings. The maximum Gasteiger partial charge on any atom is 0.438 e. The molecule has 0 saturated carbocycles. The SMILES string of the molecule is CCCC1=NN(C(=O)c2cccnc2)C(O)(C(F)(F)F)C1. The molecule has 2 rings (SSSR count). The highest BCUT2D eigenvalue weighted by molar-refractivity contribution is 5.98. The summed E-state index contributed by atoms with van der Waals surface area (Å²) in [6.45, 7) is 1.78. The van der Waals surface area contributed by atoms with Crippen molar-refractivity contribution < 1.29 is 23.1 Å². The molecule has 1 atom stereocenters. The molecular weight excluding hydrogens is 287 g/mol. The average Bonchev–Trinajstić information content (AvgIpc) is 2.77. The van der Waals surface area contributed by atoms with Crippen LogP contribution in [0.15, 0.2) is 29.6 Å². The second kappa shape index (κ2) is 5.44. The third-order valence-corrected chi connectivity index (χ3v) is 3.14. The Hall–Kier alpha value is -1.96. The lowest BCUT2D eigenvalue weighted by atomic mass is 10.0. The minimum Gasteiger partial charge on any atom is -0.362 e. The molecule has 2 heterocycles. The molecule has 0 bridgehead atoms. The molecular formula is C13H14F3N3O2. The highest BCUT2D eigenvalue weighted by Crippen LogP contribution is 2.41. The number of halogens is 3. The molecule has 1 unspecified atom stereocenters. The molecule has 0 radical (unpaired) electrons. The predicted molar refractivity (Wildman–Crippen MR) is 68.4 cm³/mol. The van der Waals surface area contributed by atoms with Crippen molar-refractivity contribution in [3.8, 4) is 0 Å². The average molecular weight is 301 g/mol. The molecule has 0 fully saturated rings. The third kappa shape index (κ3) is 2.76. The smallest absolute Gasteiger partial charge is 0.362 e. The van der Waals surface area contributed by atoms with E-state index in [0.717, 1.165) is 6.20 Å². The molecule has 1 amide bonds. The number of aliphatic hydroxyl groups is 1. The predicted octanol–water partition coefficient (Wildman–Crippen LogP) is 2.33. The molecule has 0 saturated heterocycles. The van der Waals surface area contributed by atoms with E-state index in [1.807, 2.05) is 0 Å². The van der Waals surface area contributed by atoms with E-state index in [-0.39, 0.29) is 22.7 Å². The van der Waals surface area contributed by atoms with Crippen LogP contribution in [0.2, 0.25) is 0 Å². The van der Waals surface area contributed by atoms with Crippen LogP contribution in [-0.4, -0.2) is 38.6 Å². The van der Waals surface area contributed by atoms with E-state index in [4.69, 9.17) is 0 Å². The number of rotatable bonds is 3. The van der Waals surface area contributed by atoms with Crippen LogP contribution >= 0.6 is 0 Å². The van der Waals surface area contributed by atoms with Crippen molar-refractivity contribution in [2.75, 3.05) is 0 Å². The summed E-state index contributed by atoms with van der Waals surface area (Å²) in [7, 11) is 0. The fourth-order valence-corrected chi connectivity index (χ4v) is 2.09. The standard InChI is InChI=1S/C13H14F3N3O2/c1-2-4-10-7-12(21,13(14,15)16)19(18-10)11(20)9-5-3-6-17-8-9/h3,5-6,8,21H,2,4,7H2,1H3. The van der Waals surface area contributed by atoms with Gasteiger partial charge in [0.25, 0.3) is 11.6 Å². The van der Waals surface area contributed by atoms with Gasteiger partial charge in [-0.05, 0) is 18.6 Å². The summed E-state index contributed by atoms with van der Waals surface area (Å²) >= 11 is 0. The zero-order valence-corrected chi connectivity index (χ0v) is 11.3. The van der Waals surface area contributed by atoms with E-state index < -0.39 is 24.2 Å². The lowest BCUT2D eigenvalue weighted by Gasteiger charge is -2.32. The molecule has 1 aromatic heterocycles. The van der Waals surface area contributed by atoms with E-state index in [1.54, 1.807) is 6.92 Å². The molecule has 21 heavy (non-hydrogen) atoms. The van der Waals surface area contributed by atoms with Crippen molar-refractivity contribution >= 4 is 11.6 Å². The number of amides is 1. The normalized spacial score (nSPS) is 22.3. The van der Waals surface area contributed by atoms with E-state index in [1.165, 1.54) is 18.3 Å². The summed E-state index contributed by atoms with van der Waals surface area (Å²) in [5, 5.41) is 13.8. The first kappa shape index (κ1) is 15.4. The van der Waals surface area contributed by atoms with Gasteiger partial charge in [-0.1, -0.05) is 13.3 Å². The lowest BCUT2D eigenvalue weighted by molar-refractivity contribution is -0.297. The highest BCUT2D eigenvalue weighted by atomic mass is 19.4. The number of hydrogen-bond donors (Lipinski definition) is 1. The van der Waals surface area contributed by atoms with Crippen molar-refractivity contribution in [2.45, 2.75) is 38.1 Å². The molecule has 1 N–H and O–H groups in total. The number of nitrogens with zero attached hydrogens (tertiary/aromatic N) is 3. The monoisotopic (exact) mass is 301 g/mol. The molecule has 114 valence electrons. The molecule has 1 aliphatic heterocycles. The van der Waals surface area contributed by atoms with Crippen LogP contribution in [0.4, 0.5) is 13.2 Å². The maximum absolute atomic E-state index is 13.2. The Bertz CT molecular complexity index is 560. The summed E-state index contributed by atoms with van der Waals surface area (Å²) < 4.78 is 39.5. The van der Waals surface area contributed by atoms with E-state index in [0.29, 0.717) is 6.42 Å². The number of carbonyl (C=O) groups is 1. The van der Waals surface area contributed by atoms with Gasteiger partial charge in [-0.25, -0.2) is 0 Å². The van der Waals surface area contributed by atoms with Gasteiger partial charge in [-0.3, -0.25) is 9.78 Å². The van der Waals surface area contributed by atoms with Crippen LogP contribution in [-0.2, 0) is 0 Å². The van der Waals surface area contributed by atoms with Crippen LogP contribution in [0.3, 0.4) is 0 Å². The van der Waals surface area contributed by atoms with Gasteiger partial charge in [0.05, 0.1) is 5.56 Å². The van der Waals surface area contributed by atoms with Crippen LogP contribution in [0, 0.1) is 0 Å². The summed E-state index contributed by atoms with van der Waals surface area (Å²) in [4.78, 5) is 15.9. The molecule has 0 spiro atoms. The molecule has 0 aliphatic carbocycles. The second-order valence-corrected chi connectivity index (χ2v) is 4.77. The molecule has 0 aromatic carbocycles. The van der Waals surface area contributed by atoms with Gasteiger partial charge in [0.1, 0.15) is 0 Å². The third-order valence-electron chi connectivity index (χ3n) is 3.14. The zero-order valence-electron chi connectivity index (χ0n) is 11.3. The van der Waals surface area contributed by atoms with Crippen molar-refractivity contribution in [2.24, 2.45) is 5.10 Å². The van der Waals surface area contributed by atoms with Gasteiger partial charge < -0.3 is 5.11 Å². The lowest BCUT2D eigenvalue weighted by Crippen LogP contribution is -2.56. The summed E-state index contributed by atoms with van der Waals surface area (Å²) in [6.07, 6.45) is -2.34. The Kier molecular flexibility index (Phi) is 3.99. The molecule has 8 heteroatoms. The van der Waals surface area contributed by atoms with Gasteiger partial charge in [-0.15, -0.1) is 0 Å². The van der Waals surface area contributed by atoms with Gasteiger partial charge >= 0.3 is 6.18 Å². The Morgan fingerprint density at radius 2 is 2.24 bits per heavy atom. The number of aromatic nitrogens is 1. The van der Waals surface area contributed by atoms with Crippen LogP contribution in [0.25, 0.3) is 0 Å². The number of pyridine rings is 1. The van der Waals surface area contributed by atoms with E-state index >= 15 is 0 Å². The second-order valence-electron chi connectivity index (χ2n) is 4.77. The number of hydrogen-bond acceptors (Lipinski definition) is 4. The fraction of sp³-hybridized carbons (Fsp3) is 0.462. The minimum absolute atomic E-state index is 0.0679. The topological polar surface area (TPSA) is 65.8 Å². The van der Waals surface area contributed by atoms with Crippen molar-refractivity contribution in [3.63, 3.8) is 0 Å². The first-order valence-electron chi connectivity index (χ1n) is 6.39.